The van der Waals surface area contributed by atoms with Crippen molar-refractivity contribution in [1.29, 1.82) is 0 Å². The maximum atomic E-state index is 13.2. The second-order valence-electron chi connectivity index (χ2n) is 8.91. The van der Waals surface area contributed by atoms with Crippen molar-refractivity contribution in [2.75, 3.05) is 6.61 Å². The summed E-state index contributed by atoms with van der Waals surface area (Å²) in [5.74, 6) is 1.67. The van der Waals surface area contributed by atoms with E-state index in [4.69, 9.17) is 4.74 Å². The van der Waals surface area contributed by atoms with E-state index in [9.17, 15) is 9.18 Å². The third-order valence-electron chi connectivity index (χ3n) is 6.85. The number of carbonyl (C=O) groups excluding carboxylic acids is 1. The van der Waals surface area contributed by atoms with Crippen LogP contribution in [0.4, 0.5) is 4.39 Å². The number of thiophene rings is 1. The second-order valence-corrected chi connectivity index (χ2v) is 9.91. The number of carbonyl (C=O) groups is 1. The number of hydrogen-bond donors (Lipinski definition) is 0. The SMILES string of the molecule is CC.CCc1c(F)ccc2c1CCO2.Cc1ncc2c3c(ncn13)C(=O)N(C1CC1)Cc1sccc1-2. The highest BCUT2D eigenvalue weighted by Crippen LogP contribution is 2.39. The van der Waals surface area contributed by atoms with Crippen molar-refractivity contribution >= 4 is 22.8 Å². The van der Waals surface area contributed by atoms with Gasteiger partial charge < -0.3 is 9.64 Å². The van der Waals surface area contributed by atoms with E-state index in [-0.39, 0.29) is 11.7 Å². The van der Waals surface area contributed by atoms with Crippen molar-refractivity contribution in [2.45, 2.75) is 66.0 Å². The quantitative estimate of drug-likeness (QED) is 0.323. The van der Waals surface area contributed by atoms with E-state index in [2.05, 4.69) is 21.4 Å². The van der Waals surface area contributed by atoms with Gasteiger partial charge in [0.2, 0.25) is 0 Å². The fraction of sp³-hybridized carbons (Fsp3) is 0.393. The molecule has 1 amide bonds. The predicted octanol–water partition coefficient (Wildman–Crippen LogP) is 6.23. The summed E-state index contributed by atoms with van der Waals surface area (Å²) < 4.78 is 20.4. The molecule has 0 bridgehead atoms. The molecule has 0 radical (unpaired) electrons. The molecule has 1 saturated carbocycles. The Kier molecular flexibility index (Phi) is 6.79. The lowest BCUT2D eigenvalue weighted by atomic mass is 10.0. The summed E-state index contributed by atoms with van der Waals surface area (Å²) in [4.78, 5) is 25.1. The van der Waals surface area contributed by atoms with Crippen LogP contribution in [0.5, 0.6) is 5.75 Å². The summed E-state index contributed by atoms with van der Waals surface area (Å²) in [6, 6.07) is 5.72. The van der Waals surface area contributed by atoms with Crippen LogP contribution >= 0.6 is 11.3 Å². The molecular formula is C28H31FN4O2S. The molecule has 1 fully saturated rings. The Bertz CT molecular complexity index is 1420. The van der Waals surface area contributed by atoms with Crippen LogP contribution in [-0.2, 0) is 19.4 Å². The first kappa shape index (κ1) is 24.4. The van der Waals surface area contributed by atoms with Crippen molar-refractivity contribution in [2.24, 2.45) is 0 Å². The number of hydrogen-bond acceptors (Lipinski definition) is 5. The largest absolute Gasteiger partial charge is 0.493 e. The van der Waals surface area contributed by atoms with E-state index in [0.29, 0.717) is 24.9 Å². The number of nitrogens with zero attached hydrogens (tertiary/aromatic N) is 4. The Morgan fingerprint density at radius 2 is 1.97 bits per heavy atom. The molecule has 3 aliphatic rings. The summed E-state index contributed by atoms with van der Waals surface area (Å²) in [6.07, 6.45) is 7.41. The lowest BCUT2D eigenvalue weighted by Crippen LogP contribution is -2.33. The second kappa shape index (κ2) is 10.0. The molecule has 0 atom stereocenters. The number of aryl methyl sites for hydroxylation is 1. The van der Waals surface area contributed by atoms with Crippen molar-refractivity contribution in [1.82, 2.24) is 19.3 Å². The lowest BCUT2D eigenvalue weighted by molar-refractivity contribution is 0.0728. The van der Waals surface area contributed by atoms with E-state index >= 15 is 0 Å². The van der Waals surface area contributed by atoms with Gasteiger partial charge in [-0.15, -0.1) is 11.3 Å². The zero-order valence-electron chi connectivity index (χ0n) is 21.2. The Hall–Kier alpha value is -3.26. The highest BCUT2D eigenvalue weighted by molar-refractivity contribution is 7.10. The summed E-state index contributed by atoms with van der Waals surface area (Å²) in [5.41, 5.74) is 5.54. The van der Waals surface area contributed by atoms with Gasteiger partial charge in [-0.25, -0.2) is 14.4 Å². The van der Waals surface area contributed by atoms with Gasteiger partial charge in [0.15, 0.2) is 5.69 Å². The van der Waals surface area contributed by atoms with Crippen LogP contribution < -0.4 is 4.74 Å². The topological polar surface area (TPSA) is 59.7 Å². The van der Waals surface area contributed by atoms with Crippen molar-refractivity contribution in [3.63, 3.8) is 0 Å². The molecule has 1 aromatic carbocycles. The normalized spacial score (nSPS) is 15.6. The zero-order chi connectivity index (χ0) is 25.4. The Morgan fingerprint density at radius 3 is 2.72 bits per heavy atom. The van der Waals surface area contributed by atoms with Gasteiger partial charge in [0.25, 0.3) is 5.91 Å². The van der Waals surface area contributed by atoms with Crippen LogP contribution in [0, 0.1) is 12.7 Å². The van der Waals surface area contributed by atoms with Gasteiger partial charge in [-0.1, -0.05) is 20.8 Å². The Morgan fingerprint density at radius 1 is 1.17 bits per heavy atom. The number of ether oxygens (including phenoxy) is 1. The highest BCUT2D eigenvalue weighted by atomic mass is 32.1. The Labute approximate surface area is 214 Å². The maximum absolute atomic E-state index is 13.2. The number of fused-ring (bicyclic) bond motifs is 3. The predicted molar refractivity (Wildman–Crippen MR) is 140 cm³/mol. The maximum Gasteiger partial charge on any atom is 0.275 e. The molecular weight excluding hydrogens is 475 g/mol. The molecule has 4 aromatic rings. The van der Waals surface area contributed by atoms with Gasteiger partial charge in [0, 0.05) is 40.2 Å². The molecule has 188 valence electrons. The Balaban J connectivity index is 0.000000162. The number of aromatic nitrogens is 3. The van der Waals surface area contributed by atoms with E-state index < -0.39 is 0 Å². The van der Waals surface area contributed by atoms with Gasteiger partial charge in [0.1, 0.15) is 23.7 Å². The third kappa shape index (κ3) is 4.17. The first-order valence-corrected chi connectivity index (χ1v) is 13.6. The summed E-state index contributed by atoms with van der Waals surface area (Å²) >= 11 is 1.71. The van der Waals surface area contributed by atoms with Gasteiger partial charge in [-0.2, -0.15) is 0 Å². The number of imidazole rings is 1. The van der Waals surface area contributed by atoms with Crippen LogP contribution in [0.15, 0.2) is 36.1 Å². The molecule has 3 aromatic heterocycles. The van der Waals surface area contributed by atoms with Crippen molar-refractivity contribution in [3.8, 4) is 16.9 Å². The smallest absolute Gasteiger partial charge is 0.275 e. The molecule has 0 spiro atoms. The fourth-order valence-electron chi connectivity index (χ4n) is 4.93. The summed E-state index contributed by atoms with van der Waals surface area (Å²) in [5, 5.41) is 2.10. The number of halogens is 1. The number of rotatable bonds is 2. The van der Waals surface area contributed by atoms with E-state index in [1.54, 1.807) is 23.7 Å². The molecule has 1 aliphatic carbocycles. The van der Waals surface area contributed by atoms with Crippen LogP contribution in [-0.4, -0.2) is 37.8 Å². The van der Waals surface area contributed by atoms with E-state index in [1.165, 1.54) is 16.5 Å². The number of benzene rings is 1. The minimum Gasteiger partial charge on any atom is -0.493 e. The monoisotopic (exact) mass is 506 g/mol. The lowest BCUT2D eigenvalue weighted by Gasteiger charge is -2.24. The molecule has 0 unspecified atom stereocenters. The standard InChI is InChI=1S/C16H14N4OS.C10H11FO.C2H6/c1-9-17-6-12-11-4-5-22-13(11)7-19(10-2-3-10)16(21)14-15(12)20(9)8-18-14;1-2-7-8-5-6-12-10(8)4-3-9(7)11;1-2/h4-6,8,10H,2-3,7H2,1H3;3-4H,2,5-6H2,1H3;1-2H3. The summed E-state index contributed by atoms with van der Waals surface area (Å²) in [7, 11) is 0. The average Bonchev–Trinajstić information content (AvgIpc) is 3.25. The molecule has 8 heteroatoms. The van der Waals surface area contributed by atoms with E-state index in [0.717, 1.165) is 59.5 Å². The molecule has 6 nitrogen and oxygen atoms in total. The molecule has 36 heavy (non-hydrogen) atoms. The van der Waals surface area contributed by atoms with E-state index in [1.807, 2.05) is 43.2 Å². The molecule has 5 heterocycles. The van der Waals surface area contributed by atoms with Gasteiger partial charge in [-0.3, -0.25) is 9.20 Å². The fourth-order valence-corrected chi connectivity index (χ4v) is 5.82. The summed E-state index contributed by atoms with van der Waals surface area (Å²) in [6.45, 7) is 9.29. The zero-order valence-corrected chi connectivity index (χ0v) is 22.0. The van der Waals surface area contributed by atoms with Gasteiger partial charge >= 0.3 is 0 Å². The van der Waals surface area contributed by atoms with Crippen LogP contribution in [0.3, 0.4) is 0 Å². The highest BCUT2D eigenvalue weighted by Gasteiger charge is 2.37. The van der Waals surface area contributed by atoms with Gasteiger partial charge in [0.05, 0.1) is 18.7 Å². The van der Waals surface area contributed by atoms with Crippen LogP contribution in [0.1, 0.15) is 65.9 Å². The van der Waals surface area contributed by atoms with Crippen molar-refractivity contribution < 1.29 is 13.9 Å². The number of amides is 1. The van der Waals surface area contributed by atoms with Crippen LogP contribution in [0.25, 0.3) is 16.6 Å². The molecule has 0 N–H and O–H groups in total. The van der Waals surface area contributed by atoms with Gasteiger partial charge in [-0.05, 0) is 55.3 Å². The first-order chi connectivity index (χ1) is 17.6. The van der Waals surface area contributed by atoms with Crippen LogP contribution in [0.2, 0.25) is 0 Å². The molecule has 2 aliphatic heterocycles. The van der Waals surface area contributed by atoms with Crippen molar-refractivity contribution in [3.05, 3.63) is 69.4 Å². The molecule has 0 saturated heterocycles. The first-order valence-electron chi connectivity index (χ1n) is 12.7. The molecule has 7 rings (SSSR count). The minimum absolute atomic E-state index is 0.0518. The minimum atomic E-state index is -0.0956. The third-order valence-corrected chi connectivity index (χ3v) is 7.75. The average molecular weight is 507 g/mol.